The predicted octanol–water partition coefficient (Wildman–Crippen LogP) is 5.54. The molecule has 0 bridgehead atoms. The summed E-state index contributed by atoms with van der Waals surface area (Å²) < 4.78 is 39.9. The molecule has 0 radical (unpaired) electrons. The van der Waals surface area contributed by atoms with Crippen LogP contribution in [-0.2, 0) is 6.18 Å². The van der Waals surface area contributed by atoms with Crippen LogP contribution in [0.3, 0.4) is 0 Å². The van der Waals surface area contributed by atoms with Crippen LogP contribution < -0.4 is 10.6 Å². The van der Waals surface area contributed by atoms with Gasteiger partial charge in [-0.3, -0.25) is 10.1 Å². The molecule has 0 aliphatic carbocycles. The predicted molar refractivity (Wildman–Crippen MR) is 98.1 cm³/mol. The van der Waals surface area contributed by atoms with E-state index in [1.807, 2.05) is 0 Å². The lowest BCUT2D eigenvalue weighted by Crippen LogP contribution is -2.12. The molecule has 28 heavy (non-hydrogen) atoms. The van der Waals surface area contributed by atoms with Crippen molar-refractivity contribution in [3.63, 3.8) is 0 Å². The molecule has 3 rings (SSSR count). The van der Waals surface area contributed by atoms with Crippen molar-refractivity contribution in [3.8, 4) is 0 Å². The molecule has 3 aromatic rings. The topological polar surface area (TPSA) is 93.0 Å². The molecular weight excluding hydrogens is 399 g/mol. The van der Waals surface area contributed by atoms with Gasteiger partial charge >= 0.3 is 6.18 Å². The minimum atomic E-state index is -4.72. The average Bonchev–Trinajstić information content (AvgIpc) is 2.63. The number of nitro groups is 1. The van der Waals surface area contributed by atoms with E-state index < -0.39 is 22.5 Å². The maximum atomic E-state index is 13.3. The Bertz CT molecular complexity index is 1010. The molecule has 0 saturated carbocycles. The summed E-state index contributed by atoms with van der Waals surface area (Å²) in [4.78, 5) is 17.8. The highest BCUT2D eigenvalue weighted by Crippen LogP contribution is 2.35. The van der Waals surface area contributed by atoms with Crippen LogP contribution in [0.1, 0.15) is 5.56 Å². The van der Waals surface area contributed by atoms with Crippen molar-refractivity contribution in [2.75, 3.05) is 10.6 Å². The lowest BCUT2D eigenvalue weighted by molar-refractivity contribution is -0.384. The molecule has 0 unspecified atom stereocenters. The van der Waals surface area contributed by atoms with Crippen LogP contribution in [0.5, 0.6) is 0 Å². The smallest absolute Gasteiger partial charge is 0.339 e. The molecule has 2 N–H and O–H groups in total. The van der Waals surface area contributed by atoms with Gasteiger partial charge in [-0.2, -0.15) is 18.2 Å². The van der Waals surface area contributed by atoms with Gasteiger partial charge in [0.05, 0.1) is 4.92 Å². The maximum Gasteiger partial charge on any atom is 0.421 e. The molecule has 0 aliphatic heterocycles. The number of anilines is 4. The molecule has 0 atom stereocenters. The fourth-order valence-electron chi connectivity index (χ4n) is 2.24. The third kappa shape index (κ3) is 4.65. The number of halogens is 4. The zero-order valence-electron chi connectivity index (χ0n) is 13.9. The third-order valence-corrected chi connectivity index (χ3v) is 3.77. The lowest BCUT2D eigenvalue weighted by Gasteiger charge is -2.15. The van der Waals surface area contributed by atoms with Crippen LogP contribution in [0, 0.1) is 10.1 Å². The lowest BCUT2D eigenvalue weighted by atomic mass is 10.2. The minimum absolute atomic E-state index is 0.0795. The Kier molecular flexibility index (Phi) is 5.32. The van der Waals surface area contributed by atoms with Crippen molar-refractivity contribution < 1.29 is 18.1 Å². The summed E-state index contributed by atoms with van der Waals surface area (Å²) in [6.07, 6.45) is -4.09. The number of alkyl halides is 3. The van der Waals surface area contributed by atoms with Crippen molar-refractivity contribution >= 4 is 40.4 Å². The molecule has 0 spiro atoms. The van der Waals surface area contributed by atoms with Gasteiger partial charge in [0.1, 0.15) is 11.4 Å². The Morgan fingerprint density at radius 2 is 1.75 bits per heavy atom. The summed E-state index contributed by atoms with van der Waals surface area (Å²) in [5.41, 5.74) is -0.783. The second-order valence-corrected chi connectivity index (χ2v) is 5.95. The monoisotopic (exact) mass is 409 g/mol. The van der Waals surface area contributed by atoms with Crippen molar-refractivity contribution in [1.82, 2.24) is 9.97 Å². The Labute approximate surface area is 161 Å². The van der Waals surface area contributed by atoms with Crippen molar-refractivity contribution in [1.29, 1.82) is 0 Å². The fourth-order valence-corrected chi connectivity index (χ4v) is 2.37. The van der Waals surface area contributed by atoms with E-state index in [0.717, 1.165) is 6.07 Å². The van der Waals surface area contributed by atoms with Gasteiger partial charge in [-0.1, -0.05) is 17.7 Å². The van der Waals surface area contributed by atoms with Gasteiger partial charge in [0.2, 0.25) is 5.95 Å². The highest BCUT2D eigenvalue weighted by atomic mass is 35.5. The Morgan fingerprint density at radius 1 is 1.04 bits per heavy atom. The van der Waals surface area contributed by atoms with E-state index in [1.54, 1.807) is 24.3 Å². The molecule has 1 heterocycles. The molecule has 0 saturated heterocycles. The average molecular weight is 410 g/mol. The third-order valence-electron chi connectivity index (χ3n) is 3.51. The number of nitrogens with one attached hydrogen (secondary N) is 2. The maximum absolute atomic E-state index is 13.3. The summed E-state index contributed by atoms with van der Waals surface area (Å²) in [6, 6.07) is 11.5. The van der Waals surface area contributed by atoms with Crippen molar-refractivity contribution in [3.05, 3.63) is 75.4 Å². The number of nitrogens with zero attached hydrogens (tertiary/aromatic N) is 3. The summed E-state index contributed by atoms with van der Waals surface area (Å²) >= 11 is 5.79. The van der Waals surface area contributed by atoms with E-state index in [4.69, 9.17) is 11.6 Å². The molecule has 0 fully saturated rings. The number of aromatic nitrogens is 2. The second kappa shape index (κ2) is 7.69. The number of nitro benzene ring substituents is 1. The van der Waals surface area contributed by atoms with Gasteiger partial charge in [-0.05, 0) is 30.3 Å². The quantitative estimate of drug-likeness (QED) is 0.424. The molecule has 7 nitrogen and oxygen atoms in total. The van der Waals surface area contributed by atoms with Crippen LogP contribution in [0.4, 0.5) is 42.0 Å². The largest absolute Gasteiger partial charge is 0.421 e. The second-order valence-electron chi connectivity index (χ2n) is 5.52. The minimum Gasteiger partial charge on any atom is -0.339 e. The van der Waals surface area contributed by atoms with E-state index in [-0.39, 0.29) is 17.3 Å². The SMILES string of the molecule is O=[N+]([O-])c1cccc(Nc2nc(Nc3ccc(Cl)cc3)ncc2C(F)(F)F)c1. The van der Waals surface area contributed by atoms with Gasteiger partial charge in [0, 0.05) is 34.7 Å². The normalized spacial score (nSPS) is 11.1. The zero-order valence-corrected chi connectivity index (χ0v) is 14.6. The molecule has 11 heteroatoms. The Hall–Kier alpha value is -3.40. The number of non-ortho nitro benzene ring substituents is 1. The van der Waals surface area contributed by atoms with Crippen LogP contribution in [0.15, 0.2) is 54.7 Å². The van der Waals surface area contributed by atoms with Crippen LogP contribution in [0.2, 0.25) is 5.02 Å². The first-order valence-electron chi connectivity index (χ1n) is 7.71. The van der Waals surface area contributed by atoms with Gasteiger partial charge in [-0.15, -0.1) is 0 Å². The standard InChI is InChI=1S/C17H11ClF3N5O2/c18-10-4-6-11(7-5-10)24-16-22-9-14(17(19,20)21)15(25-16)23-12-2-1-3-13(8-12)26(27)28/h1-9H,(H2,22,23,24,25). The highest BCUT2D eigenvalue weighted by molar-refractivity contribution is 6.30. The van der Waals surface area contributed by atoms with E-state index in [0.29, 0.717) is 16.9 Å². The first kappa shape index (κ1) is 19.4. The summed E-state index contributed by atoms with van der Waals surface area (Å²) in [5, 5.41) is 16.6. The molecular formula is C17H11ClF3N5O2. The van der Waals surface area contributed by atoms with Gasteiger partial charge < -0.3 is 10.6 Å². The van der Waals surface area contributed by atoms with Crippen LogP contribution in [-0.4, -0.2) is 14.9 Å². The van der Waals surface area contributed by atoms with Gasteiger partial charge in [0.15, 0.2) is 0 Å². The molecule has 0 amide bonds. The van der Waals surface area contributed by atoms with E-state index in [9.17, 15) is 23.3 Å². The van der Waals surface area contributed by atoms with E-state index >= 15 is 0 Å². The summed E-state index contributed by atoms with van der Waals surface area (Å²) in [6.45, 7) is 0. The number of benzene rings is 2. The molecule has 144 valence electrons. The fraction of sp³-hybridized carbons (Fsp3) is 0.0588. The van der Waals surface area contributed by atoms with E-state index in [1.165, 1.54) is 18.2 Å². The number of hydrogen-bond donors (Lipinski definition) is 2. The molecule has 1 aromatic heterocycles. The molecule has 0 aliphatic rings. The van der Waals surface area contributed by atoms with E-state index in [2.05, 4.69) is 20.6 Å². The first-order chi connectivity index (χ1) is 13.2. The Morgan fingerprint density at radius 3 is 2.39 bits per heavy atom. The number of hydrogen-bond acceptors (Lipinski definition) is 6. The van der Waals surface area contributed by atoms with Gasteiger partial charge in [0.25, 0.3) is 5.69 Å². The van der Waals surface area contributed by atoms with Gasteiger partial charge in [-0.25, -0.2) is 4.98 Å². The van der Waals surface area contributed by atoms with Crippen LogP contribution >= 0.6 is 11.6 Å². The summed E-state index contributed by atoms with van der Waals surface area (Å²) in [5.74, 6) is -0.636. The Balaban J connectivity index is 1.95. The summed E-state index contributed by atoms with van der Waals surface area (Å²) in [7, 11) is 0. The van der Waals surface area contributed by atoms with Crippen LogP contribution in [0.25, 0.3) is 0 Å². The van der Waals surface area contributed by atoms with Crippen molar-refractivity contribution in [2.45, 2.75) is 6.18 Å². The van der Waals surface area contributed by atoms with Crippen molar-refractivity contribution in [2.24, 2.45) is 0 Å². The first-order valence-corrected chi connectivity index (χ1v) is 8.08. The number of rotatable bonds is 5. The molecule has 2 aromatic carbocycles. The zero-order chi connectivity index (χ0) is 20.3. The highest BCUT2D eigenvalue weighted by Gasteiger charge is 2.35.